The van der Waals surface area contributed by atoms with E-state index in [0.29, 0.717) is 13.2 Å². The highest BCUT2D eigenvalue weighted by atomic mass is 32.2. The summed E-state index contributed by atoms with van der Waals surface area (Å²) in [5, 5.41) is -0.0285. The van der Waals surface area contributed by atoms with Gasteiger partial charge in [0.05, 0.1) is 13.2 Å². The largest absolute Gasteiger partial charge is 0.367 e. The summed E-state index contributed by atoms with van der Waals surface area (Å²) in [5.74, 6) is 0. The average molecular weight is 581 g/mol. The van der Waals surface area contributed by atoms with Gasteiger partial charge in [0.1, 0.15) is 29.9 Å². The lowest BCUT2D eigenvalue weighted by Crippen LogP contribution is -2.63. The molecule has 0 radical (unpaired) electrons. The quantitative estimate of drug-likeness (QED) is 0.147. The number of ether oxygens (including phenoxy) is 4. The fraction of sp³-hybridized carbons (Fsp3) is 0.438. The van der Waals surface area contributed by atoms with Crippen LogP contribution in [0.2, 0.25) is 18.1 Å². The lowest BCUT2D eigenvalue weighted by atomic mass is 9.98. The third-order valence-corrected chi connectivity index (χ3v) is 13.1. The molecule has 0 bridgehead atoms. The molecule has 6 nitrogen and oxygen atoms in total. The van der Waals surface area contributed by atoms with Crippen molar-refractivity contribution in [2.45, 2.75) is 86.5 Å². The molecule has 0 N–H and O–H groups in total. The Morgan fingerprint density at radius 1 is 0.825 bits per heavy atom. The Morgan fingerprint density at radius 3 is 2.10 bits per heavy atom. The predicted octanol–water partition coefficient (Wildman–Crippen LogP) is 7.53. The minimum atomic E-state index is -2.25. The van der Waals surface area contributed by atoms with Crippen LogP contribution in [0.15, 0.2) is 95.9 Å². The van der Waals surface area contributed by atoms with Crippen LogP contribution in [0.5, 0.6) is 0 Å². The van der Waals surface area contributed by atoms with Crippen molar-refractivity contribution >= 4 is 20.1 Å². The van der Waals surface area contributed by atoms with Crippen LogP contribution in [-0.4, -0.2) is 44.8 Å². The van der Waals surface area contributed by atoms with Gasteiger partial charge >= 0.3 is 0 Å². The van der Waals surface area contributed by atoms with E-state index in [2.05, 4.69) is 58.1 Å². The van der Waals surface area contributed by atoms with Gasteiger partial charge in [0.15, 0.2) is 6.29 Å². The Bertz CT molecular complexity index is 1190. The average Bonchev–Trinajstić information content (AvgIpc) is 2.96. The molecule has 2 aliphatic heterocycles. The summed E-state index contributed by atoms with van der Waals surface area (Å²) in [4.78, 5) is 7.55. The number of hydrogen-bond donors (Lipinski definition) is 0. The van der Waals surface area contributed by atoms with Gasteiger partial charge < -0.3 is 18.9 Å². The van der Waals surface area contributed by atoms with Crippen LogP contribution in [-0.2, 0) is 35.0 Å². The Morgan fingerprint density at radius 2 is 1.45 bits per heavy atom. The minimum absolute atomic E-state index is 0.0285. The van der Waals surface area contributed by atoms with Crippen molar-refractivity contribution < 1.29 is 28.4 Å². The molecule has 8 heteroatoms. The lowest BCUT2D eigenvalue weighted by Gasteiger charge is -2.49. The van der Waals surface area contributed by atoms with Crippen LogP contribution in [0, 0.1) is 0 Å². The molecule has 2 aliphatic rings. The van der Waals surface area contributed by atoms with Gasteiger partial charge in [-0.05, 0) is 35.8 Å². The molecule has 40 heavy (non-hydrogen) atoms. The third kappa shape index (κ3) is 7.06. The first-order valence-electron chi connectivity index (χ1n) is 13.9. The first kappa shape index (κ1) is 29.5. The number of fused-ring (bicyclic) bond motifs is 1. The third-order valence-electron chi connectivity index (χ3n) is 7.81. The molecular weight excluding hydrogens is 540 g/mol. The standard InChI is InChI=1S/C32H40O6SSi/c1-32(2,3)40(4,5)38-37-28-27-26(22-34-30(36-27)24-17-11-7-12-18-24)35-31(39-25-19-13-8-14-20-25)29(28)33-21-23-15-9-6-10-16-23/h6-20,26-31H,21-22H2,1-5H3/t26-,27-,28+,29+,30?,31-/m1/s1. The summed E-state index contributed by atoms with van der Waals surface area (Å²) in [6, 6.07) is 30.3. The topological polar surface area (TPSA) is 55.4 Å². The van der Waals surface area contributed by atoms with Gasteiger partial charge in [-0.25, -0.2) is 4.89 Å². The Hall–Kier alpha value is -2.01. The van der Waals surface area contributed by atoms with Crippen LogP contribution in [0.25, 0.3) is 0 Å². The molecular formula is C32H40O6SSi. The van der Waals surface area contributed by atoms with E-state index in [1.807, 2.05) is 66.7 Å². The molecule has 3 aromatic carbocycles. The van der Waals surface area contributed by atoms with Gasteiger partial charge in [-0.1, -0.05) is 111 Å². The highest BCUT2D eigenvalue weighted by Crippen LogP contribution is 2.43. The molecule has 0 aliphatic carbocycles. The number of hydrogen-bond acceptors (Lipinski definition) is 7. The Balaban J connectivity index is 1.46. The Kier molecular flexibility index (Phi) is 9.49. The molecule has 5 rings (SSSR count). The van der Waals surface area contributed by atoms with Crippen molar-refractivity contribution in [2.24, 2.45) is 0 Å². The summed E-state index contributed by atoms with van der Waals surface area (Å²) < 4.78 is 32.5. The second kappa shape index (κ2) is 12.9. The van der Waals surface area contributed by atoms with Gasteiger partial charge in [-0.2, -0.15) is 0 Å². The van der Waals surface area contributed by atoms with Crippen molar-refractivity contribution in [3.05, 3.63) is 102 Å². The van der Waals surface area contributed by atoms with Crippen molar-refractivity contribution in [1.82, 2.24) is 0 Å². The lowest BCUT2D eigenvalue weighted by molar-refractivity contribution is -0.378. The van der Waals surface area contributed by atoms with Crippen molar-refractivity contribution in [3.63, 3.8) is 0 Å². The second-order valence-corrected chi connectivity index (χ2v) is 17.7. The molecule has 0 spiro atoms. The number of rotatable bonds is 9. The molecule has 3 aromatic rings. The van der Waals surface area contributed by atoms with Gasteiger partial charge in [0.25, 0.3) is 0 Å². The van der Waals surface area contributed by atoms with Crippen LogP contribution in [0.4, 0.5) is 0 Å². The van der Waals surface area contributed by atoms with E-state index in [0.717, 1.165) is 16.0 Å². The van der Waals surface area contributed by atoms with Gasteiger partial charge in [-0.15, -0.1) is 0 Å². The molecule has 2 saturated heterocycles. The zero-order valence-electron chi connectivity index (χ0n) is 23.9. The van der Waals surface area contributed by atoms with Crippen molar-refractivity contribution in [2.75, 3.05) is 6.61 Å². The van der Waals surface area contributed by atoms with Crippen LogP contribution < -0.4 is 0 Å². The molecule has 2 fully saturated rings. The summed E-state index contributed by atoms with van der Waals surface area (Å²) in [6.45, 7) is 11.7. The summed E-state index contributed by atoms with van der Waals surface area (Å²) in [6.07, 6.45) is -2.32. The molecule has 214 valence electrons. The maximum atomic E-state index is 6.67. The fourth-order valence-electron chi connectivity index (χ4n) is 4.41. The van der Waals surface area contributed by atoms with E-state index in [9.17, 15) is 0 Å². The van der Waals surface area contributed by atoms with Crippen LogP contribution in [0.1, 0.15) is 38.2 Å². The SMILES string of the molecule is CC(C)(C)[Si](C)(C)OO[C@@H]1[C@H](OCc2ccccc2)[C@@H](Sc2ccccc2)O[C@@H]2COC(c3ccccc3)O[C@@H]12. The minimum Gasteiger partial charge on any atom is -0.367 e. The Labute approximate surface area is 243 Å². The monoisotopic (exact) mass is 580 g/mol. The zero-order valence-corrected chi connectivity index (χ0v) is 25.7. The molecule has 0 aromatic heterocycles. The molecule has 2 heterocycles. The number of benzene rings is 3. The van der Waals surface area contributed by atoms with Crippen molar-refractivity contribution in [3.8, 4) is 0 Å². The van der Waals surface area contributed by atoms with E-state index >= 15 is 0 Å². The summed E-state index contributed by atoms with van der Waals surface area (Å²) in [5.41, 5.74) is 1.67. The first-order chi connectivity index (χ1) is 19.2. The van der Waals surface area contributed by atoms with Gasteiger partial charge in [-0.3, -0.25) is 4.58 Å². The van der Waals surface area contributed by atoms with Gasteiger partial charge in [0.2, 0.25) is 8.32 Å². The zero-order chi connectivity index (χ0) is 28.2. The van der Waals surface area contributed by atoms with E-state index in [-0.39, 0.29) is 16.6 Å². The van der Waals surface area contributed by atoms with Crippen LogP contribution >= 0.6 is 11.8 Å². The predicted molar refractivity (Wildman–Crippen MR) is 159 cm³/mol. The molecule has 6 atom stereocenters. The molecule has 0 saturated carbocycles. The van der Waals surface area contributed by atoms with E-state index in [1.54, 1.807) is 11.8 Å². The maximum absolute atomic E-state index is 6.67. The summed E-state index contributed by atoms with van der Waals surface area (Å²) >= 11 is 1.62. The van der Waals surface area contributed by atoms with Crippen LogP contribution in [0.3, 0.4) is 0 Å². The smallest absolute Gasteiger partial charge is 0.238 e. The highest BCUT2D eigenvalue weighted by molar-refractivity contribution is 7.99. The maximum Gasteiger partial charge on any atom is 0.238 e. The van der Waals surface area contributed by atoms with Crippen molar-refractivity contribution in [1.29, 1.82) is 0 Å². The van der Waals surface area contributed by atoms with E-state index < -0.39 is 32.9 Å². The number of thioether (sulfide) groups is 1. The fourth-order valence-corrected chi connectivity index (χ4v) is 6.16. The second-order valence-electron chi connectivity index (χ2n) is 11.8. The van der Waals surface area contributed by atoms with Gasteiger partial charge in [0, 0.05) is 10.5 Å². The molecule has 1 unspecified atom stereocenters. The summed E-state index contributed by atoms with van der Waals surface area (Å²) in [7, 11) is -2.25. The van der Waals surface area contributed by atoms with E-state index in [4.69, 9.17) is 28.4 Å². The first-order valence-corrected chi connectivity index (χ1v) is 17.7. The van der Waals surface area contributed by atoms with E-state index in [1.165, 1.54) is 0 Å². The molecule has 0 amide bonds. The highest BCUT2D eigenvalue weighted by Gasteiger charge is 2.53. The normalized spacial score (nSPS) is 27.2.